The van der Waals surface area contributed by atoms with Crippen LogP contribution in [0, 0.1) is 0 Å². The summed E-state index contributed by atoms with van der Waals surface area (Å²) < 4.78 is 0. The molecular weight excluding hydrogens is 334 g/mol. The highest BCUT2D eigenvalue weighted by atomic mass is 32.1. The van der Waals surface area contributed by atoms with Gasteiger partial charge in [-0.25, -0.2) is 0 Å². The lowest BCUT2D eigenvalue weighted by Crippen LogP contribution is -2.38. The summed E-state index contributed by atoms with van der Waals surface area (Å²) in [6.07, 6.45) is 5.84. The van der Waals surface area contributed by atoms with E-state index in [2.05, 4.69) is 12.2 Å². The molecular formula is C19H27N3O2S. The molecule has 6 heteroatoms. The number of likely N-dealkylation sites (N-methyl/N-ethyl adjacent to an activating group) is 1. The Labute approximate surface area is 155 Å². The van der Waals surface area contributed by atoms with Crippen LogP contribution in [-0.2, 0) is 9.59 Å². The Hall–Kier alpha value is -1.95. The SMILES string of the molecule is CCCCCCCN1C(=S)N(C)C(=O)[C@@H]1CC(=O)Nc1ccccc1. The Morgan fingerprint density at radius 2 is 1.84 bits per heavy atom. The van der Waals surface area contributed by atoms with Crippen LogP contribution in [0.25, 0.3) is 0 Å². The highest BCUT2D eigenvalue weighted by Crippen LogP contribution is 2.21. The summed E-state index contributed by atoms with van der Waals surface area (Å²) in [6, 6.07) is 8.79. The van der Waals surface area contributed by atoms with E-state index in [1.807, 2.05) is 35.2 Å². The van der Waals surface area contributed by atoms with Gasteiger partial charge in [0.05, 0.1) is 6.42 Å². The molecule has 1 atom stereocenters. The Balaban J connectivity index is 1.93. The van der Waals surface area contributed by atoms with Crippen LogP contribution >= 0.6 is 12.2 Å². The van der Waals surface area contributed by atoms with E-state index in [-0.39, 0.29) is 18.2 Å². The number of nitrogens with one attached hydrogen (secondary N) is 1. The predicted molar refractivity (Wildman–Crippen MR) is 104 cm³/mol. The van der Waals surface area contributed by atoms with E-state index >= 15 is 0 Å². The molecule has 0 aliphatic carbocycles. The number of anilines is 1. The predicted octanol–water partition coefficient (Wildman–Crippen LogP) is 3.41. The first-order valence-electron chi connectivity index (χ1n) is 8.97. The summed E-state index contributed by atoms with van der Waals surface area (Å²) in [4.78, 5) is 28.2. The molecule has 1 aromatic rings. The second-order valence-corrected chi connectivity index (χ2v) is 6.79. The molecule has 0 spiro atoms. The smallest absolute Gasteiger partial charge is 0.251 e. The maximum atomic E-state index is 12.5. The third-order valence-corrected chi connectivity index (χ3v) is 4.97. The summed E-state index contributed by atoms with van der Waals surface area (Å²) >= 11 is 5.40. The van der Waals surface area contributed by atoms with Gasteiger partial charge in [0.2, 0.25) is 5.91 Å². The van der Waals surface area contributed by atoms with Crippen LogP contribution in [0.1, 0.15) is 45.4 Å². The van der Waals surface area contributed by atoms with E-state index in [1.54, 1.807) is 7.05 Å². The molecule has 1 aliphatic rings. The normalized spacial score (nSPS) is 17.3. The molecule has 1 aliphatic heterocycles. The van der Waals surface area contributed by atoms with Gasteiger partial charge in [-0.1, -0.05) is 50.8 Å². The third kappa shape index (κ3) is 5.26. The van der Waals surface area contributed by atoms with Crippen LogP contribution in [0.15, 0.2) is 30.3 Å². The first-order chi connectivity index (χ1) is 12.0. The minimum absolute atomic E-state index is 0.0956. The van der Waals surface area contributed by atoms with Crippen molar-refractivity contribution in [1.29, 1.82) is 0 Å². The summed E-state index contributed by atoms with van der Waals surface area (Å²) in [6.45, 7) is 2.91. The first kappa shape index (κ1) is 19.4. The van der Waals surface area contributed by atoms with Gasteiger partial charge in [-0.3, -0.25) is 14.5 Å². The van der Waals surface area contributed by atoms with Gasteiger partial charge in [-0.05, 0) is 30.8 Å². The van der Waals surface area contributed by atoms with Crippen LogP contribution in [0.3, 0.4) is 0 Å². The van der Waals surface area contributed by atoms with E-state index in [9.17, 15) is 9.59 Å². The van der Waals surface area contributed by atoms with Crippen molar-refractivity contribution in [2.45, 2.75) is 51.5 Å². The van der Waals surface area contributed by atoms with Crippen molar-refractivity contribution in [2.75, 3.05) is 18.9 Å². The van der Waals surface area contributed by atoms with Crippen molar-refractivity contribution in [3.8, 4) is 0 Å². The first-order valence-corrected chi connectivity index (χ1v) is 9.38. The number of thiocarbonyl (C=S) groups is 1. The summed E-state index contributed by atoms with van der Waals surface area (Å²) in [7, 11) is 1.68. The molecule has 5 nitrogen and oxygen atoms in total. The monoisotopic (exact) mass is 361 g/mol. The Kier molecular flexibility index (Phi) is 7.37. The molecule has 0 radical (unpaired) electrons. The molecule has 0 unspecified atom stereocenters. The Morgan fingerprint density at radius 3 is 2.52 bits per heavy atom. The fourth-order valence-electron chi connectivity index (χ4n) is 3.02. The van der Waals surface area contributed by atoms with Gasteiger partial charge >= 0.3 is 0 Å². The second kappa shape index (κ2) is 9.51. The fourth-order valence-corrected chi connectivity index (χ4v) is 3.33. The van der Waals surface area contributed by atoms with E-state index in [0.29, 0.717) is 5.11 Å². The van der Waals surface area contributed by atoms with Crippen LogP contribution in [0.5, 0.6) is 0 Å². The molecule has 2 amide bonds. The summed E-state index contributed by atoms with van der Waals surface area (Å²) in [5, 5.41) is 3.37. The third-order valence-electron chi connectivity index (χ3n) is 4.46. The van der Waals surface area contributed by atoms with Gasteiger partial charge in [0.1, 0.15) is 6.04 Å². The number of unbranched alkanes of at least 4 members (excludes halogenated alkanes) is 4. The standard InChI is InChI=1S/C19H27N3O2S/c1-3-4-5-6-10-13-22-16(18(24)21(2)19(22)25)14-17(23)20-15-11-8-7-9-12-15/h7-9,11-12,16H,3-6,10,13-14H2,1-2H3,(H,20,23)/t16-/m0/s1. The van der Waals surface area contributed by atoms with E-state index in [4.69, 9.17) is 12.2 Å². The average molecular weight is 362 g/mol. The Bertz CT molecular complexity index is 606. The van der Waals surface area contributed by atoms with E-state index < -0.39 is 6.04 Å². The van der Waals surface area contributed by atoms with Crippen LogP contribution in [0.4, 0.5) is 5.69 Å². The highest BCUT2D eigenvalue weighted by Gasteiger charge is 2.40. The quantitative estimate of drug-likeness (QED) is 0.541. The number of carbonyl (C=O) groups is 2. The van der Waals surface area contributed by atoms with Crippen molar-refractivity contribution >= 4 is 34.8 Å². The van der Waals surface area contributed by atoms with Gasteiger partial charge < -0.3 is 10.2 Å². The molecule has 1 N–H and O–H groups in total. The van der Waals surface area contributed by atoms with Gasteiger partial charge in [0, 0.05) is 19.3 Å². The zero-order valence-corrected chi connectivity index (χ0v) is 15.8. The number of benzene rings is 1. The number of carbonyl (C=O) groups excluding carboxylic acids is 2. The minimum atomic E-state index is -0.493. The van der Waals surface area contributed by atoms with Gasteiger partial charge in [0.15, 0.2) is 5.11 Å². The number of nitrogens with zero attached hydrogens (tertiary/aromatic N) is 2. The molecule has 0 saturated carbocycles. The van der Waals surface area contributed by atoms with Crippen molar-refractivity contribution < 1.29 is 9.59 Å². The number of rotatable bonds is 9. The molecule has 136 valence electrons. The molecule has 0 aromatic heterocycles. The zero-order valence-electron chi connectivity index (χ0n) is 15.0. The maximum Gasteiger partial charge on any atom is 0.251 e. The van der Waals surface area contributed by atoms with Crippen molar-refractivity contribution in [1.82, 2.24) is 9.80 Å². The van der Waals surface area contributed by atoms with Crippen molar-refractivity contribution in [3.05, 3.63) is 30.3 Å². The maximum absolute atomic E-state index is 12.5. The molecule has 1 saturated heterocycles. The van der Waals surface area contributed by atoms with Gasteiger partial charge in [-0.15, -0.1) is 0 Å². The minimum Gasteiger partial charge on any atom is -0.336 e. The topological polar surface area (TPSA) is 52.7 Å². The van der Waals surface area contributed by atoms with Crippen LogP contribution in [-0.4, -0.2) is 46.4 Å². The highest BCUT2D eigenvalue weighted by molar-refractivity contribution is 7.80. The fraction of sp³-hybridized carbons (Fsp3) is 0.526. The molecule has 1 fully saturated rings. The molecule has 1 heterocycles. The van der Waals surface area contributed by atoms with Crippen LogP contribution in [0.2, 0.25) is 0 Å². The number of hydrogen-bond donors (Lipinski definition) is 1. The Morgan fingerprint density at radius 1 is 1.16 bits per heavy atom. The molecule has 0 bridgehead atoms. The van der Waals surface area contributed by atoms with Gasteiger partial charge in [0.25, 0.3) is 5.91 Å². The lowest BCUT2D eigenvalue weighted by Gasteiger charge is -2.23. The summed E-state index contributed by atoms with van der Waals surface area (Å²) in [5.74, 6) is -0.264. The molecule has 1 aromatic carbocycles. The van der Waals surface area contributed by atoms with Crippen molar-refractivity contribution in [3.63, 3.8) is 0 Å². The van der Waals surface area contributed by atoms with Crippen molar-refractivity contribution in [2.24, 2.45) is 0 Å². The molecule has 2 rings (SSSR count). The number of hydrogen-bond acceptors (Lipinski definition) is 3. The lowest BCUT2D eigenvalue weighted by molar-refractivity contribution is -0.130. The largest absolute Gasteiger partial charge is 0.336 e. The van der Waals surface area contributed by atoms with Gasteiger partial charge in [-0.2, -0.15) is 0 Å². The molecule has 25 heavy (non-hydrogen) atoms. The second-order valence-electron chi connectivity index (χ2n) is 6.42. The average Bonchev–Trinajstić information content (AvgIpc) is 2.80. The number of para-hydroxylation sites is 1. The van der Waals surface area contributed by atoms with Crippen LogP contribution < -0.4 is 5.32 Å². The summed E-state index contributed by atoms with van der Waals surface area (Å²) in [5.41, 5.74) is 0.736. The van der Waals surface area contributed by atoms with E-state index in [0.717, 1.165) is 25.1 Å². The zero-order chi connectivity index (χ0) is 18.2. The van der Waals surface area contributed by atoms with E-state index in [1.165, 1.54) is 24.2 Å². The number of amides is 2. The lowest BCUT2D eigenvalue weighted by atomic mass is 10.1.